The second kappa shape index (κ2) is 8.54. The molecule has 0 unspecified atom stereocenters. The Morgan fingerprint density at radius 2 is 2.03 bits per heavy atom. The smallest absolute Gasteiger partial charge is 0.337 e. The SMILES string of the molecule is COC(=O)c1ccc2c(=O)n(Cc3ccco3)c(SCc3ccccc3F)nc2c1. The van der Waals surface area contributed by atoms with Gasteiger partial charge in [-0.25, -0.2) is 14.2 Å². The van der Waals surface area contributed by atoms with Crippen LogP contribution in [0.25, 0.3) is 10.9 Å². The first kappa shape index (κ1) is 19.9. The van der Waals surface area contributed by atoms with Crippen molar-refractivity contribution in [2.75, 3.05) is 7.11 Å². The van der Waals surface area contributed by atoms with Crippen molar-refractivity contribution in [1.29, 1.82) is 0 Å². The molecule has 4 rings (SSSR count). The molecule has 0 aliphatic carbocycles. The fraction of sp³-hybridized carbons (Fsp3) is 0.136. The molecule has 152 valence electrons. The number of nitrogens with zero attached hydrogens (tertiary/aromatic N) is 2. The number of halogens is 1. The molecule has 2 heterocycles. The zero-order valence-corrected chi connectivity index (χ0v) is 16.8. The third kappa shape index (κ3) is 3.99. The van der Waals surface area contributed by atoms with Gasteiger partial charge in [0.1, 0.15) is 11.6 Å². The summed E-state index contributed by atoms with van der Waals surface area (Å²) in [6.45, 7) is 0.188. The molecule has 0 aliphatic heterocycles. The number of hydrogen-bond acceptors (Lipinski definition) is 6. The van der Waals surface area contributed by atoms with Crippen LogP contribution in [0.1, 0.15) is 21.7 Å². The number of ether oxygens (including phenoxy) is 1. The van der Waals surface area contributed by atoms with E-state index in [9.17, 15) is 14.0 Å². The van der Waals surface area contributed by atoms with Crippen molar-refractivity contribution in [3.8, 4) is 0 Å². The quantitative estimate of drug-likeness (QED) is 0.262. The van der Waals surface area contributed by atoms with E-state index in [0.29, 0.717) is 38.7 Å². The summed E-state index contributed by atoms with van der Waals surface area (Å²) in [6.07, 6.45) is 1.53. The summed E-state index contributed by atoms with van der Waals surface area (Å²) in [5, 5.41) is 0.763. The topological polar surface area (TPSA) is 74.3 Å². The van der Waals surface area contributed by atoms with Crippen LogP contribution in [0.2, 0.25) is 0 Å². The number of thioether (sulfide) groups is 1. The number of hydrogen-bond donors (Lipinski definition) is 0. The van der Waals surface area contributed by atoms with Gasteiger partial charge in [-0.1, -0.05) is 30.0 Å². The van der Waals surface area contributed by atoms with Gasteiger partial charge in [-0.05, 0) is 42.0 Å². The second-order valence-corrected chi connectivity index (χ2v) is 7.41. The lowest BCUT2D eigenvalue weighted by Gasteiger charge is -2.13. The van der Waals surface area contributed by atoms with Crippen molar-refractivity contribution in [2.45, 2.75) is 17.5 Å². The molecule has 0 spiro atoms. The van der Waals surface area contributed by atoms with Crippen LogP contribution in [0.3, 0.4) is 0 Å². The van der Waals surface area contributed by atoms with Crippen molar-refractivity contribution in [1.82, 2.24) is 9.55 Å². The number of fused-ring (bicyclic) bond motifs is 1. The van der Waals surface area contributed by atoms with Crippen LogP contribution in [0.4, 0.5) is 4.39 Å². The Labute approximate surface area is 175 Å². The Kier molecular flexibility index (Phi) is 5.67. The number of esters is 1. The van der Waals surface area contributed by atoms with E-state index >= 15 is 0 Å². The first-order valence-electron chi connectivity index (χ1n) is 9.08. The molecule has 0 bridgehead atoms. The maximum absolute atomic E-state index is 14.0. The summed E-state index contributed by atoms with van der Waals surface area (Å²) in [4.78, 5) is 29.6. The third-order valence-electron chi connectivity index (χ3n) is 4.55. The molecule has 2 aromatic carbocycles. The normalized spacial score (nSPS) is 11.0. The van der Waals surface area contributed by atoms with Crippen molar-refractivity contribution < 1.29 is 18.3 Å². The van der Waals surface area contributed by atoms with Crippen LogP contribution in [-0.2, 0) is 17.0 Å². The van der Waals surface area contributed by atoms with Gasteiger partial charge in [0.2, 0.25) is 0 Å². The number of carbonyl (C=O) groups excluding carboxylic acids is 1. The molecule has 0 saturated heterocycles. The Bertz CT molecular complexity index is 1270. The predicted octanol–water partition coefficient (Wildman–Crippen LogP) is 4.26. The molecule has 0 aliphatic rings. The van der Waals surface area contributed by atoms with E-state index in [0.717, 1.165) is 0 Å². The number of rotatable bonds is 6. The van der Waals surface area contributed by atoms with Crippen LogP contribution in [0, 0.1) is 5.82 Å². The van der Waals surface area contributed by atoms with Crippen molar-refractivity contribution in [3.63, 3.8) is 0 Å². The molecule has 0 N–H and O–H groups in total. The first-order valence-corrected chi connectivity index (χ1v) is 10.1. The zero-order chi connectivity index (χ0) is 21.1. The number of furan rings is 1. The van der Waals surface area contributed by atoms with E-state index in [2.05, 4.69) is 4.98 Å². The molecule has 0 saturated carbocycles. The molecule has 0 radical (unpaired) electrons. The lowest BCUT2D eigenvalue weighted by molar-refractivity contribution is 0.0601. The lowest BCUT2D eigenvalue weighted by Crippen LogP contribution is -2.24. The summed E-state index contributed by atoms with van der Waals surface area (Å²) in [6, 6.07) is 14.6. The monoisotopic (exact) mass is 424 g/mol. The number of aromatic nitrogens is 2. The van der Waals surface area contributed by atoms with E-state index in [1.54, 1.807) is 36.4 Å². The highest BCUT2D eigenvalue weighted by molar-refractivity contribution is 7.98. The Morgan fingerprint density at radius 3 is 2.77 bits per heavy atom. The Hall–Kier alpha value is -3.39. The minimum Gasteiger partial charge on any atom is -0.467 e. The summed E-state index contributed by atoms with van der Waals surface area (Å²) < 4.78 is 25.7. The van der Waals surface area contributed by atoms with Crippen LogP contribution in [0.15, 0.2) is 75.2 Å². The highest BCUT2D eigenvalue weighted by atomic mass is 32.2. The van der Waals surface area contributed by atoms with Gasteiger partial charge >= 0.3 is 5.97 Å². The molecule has 2 aromatic heterocycles. The highest BCUT2D eigenvalue weighted by Gasteiger charge is 2.16. The first-order chi connectivity index (χ1) is 14.6. The number of carbonyl (C=O) groups is 1. The maximum Gasteiger partial charge on any atom is 0.337 e. The van der Waals surface area contributed by atoms with Gasteiger partial charge in [0.05, 0.1) is 36.4 Å². The Morgan fingerprint density at radius 1 is 1.20 bits per heavy atom. The van der Waals surface area contributed by atoms with Crippen molar-refractivity contribution >= 4 is 28.6 Å². The van der Waals surface area contributed by atoms with Gasteiger partial charge < -0.3 is 9.15 Å². The Balaban J connectivity index is 1.80. The fourth-order valence-electron chi connectivity index (χ4n) is 3.01. The summed E-state index contributed by atoms with van der Waals surface area (Å²) in [5.41, 5.74) is 0.897. The zero-order valence-electron chi connectivity index (χ0n) is 16.0. The van der Waals surface area contributed by atoms with Gasteiger partial charge in [0, 0.05) is 5.75 Å². The van der Waals surface area contributed by atoms with Crippen LogP contribution < -0.4 is 5.56 Å². The second-order valence-electron chi connectivity index (χ2n) is 6.47. The molecule has 4 aromatic rings. The molecular weight excluding hydrogens is 407 g/mol. The van der Waals surface area contributed by atoms with Crippen LogP contribution >= 0.6 is 11.8 Å². The van der Waals surface area contributed by atoms with E-state index in [1.165, 1.54) is 47.9 Å². The molecule has 6 nitrogen and oxygen atoms in total. The average Bonchev–Trinajstić information content (AvgIpc) is 3.28. The predicted molar refractivity (Wildman–Crippen MR) is 111 cm³/mol. The van der Waals surface area contributed by atoms with Gasteiger partial charge in [-0.2, -0.15) is 0 Å². The number of methoxy groups -OCH3 is 1. The third-order valence-corrected chi connectivity index (χ3v) is 5.58. The molecule has 0 fully saturated rings. The minimum absolute atomic E-state index is 0.188. The average molecular weight is 424 g/mol. The van der Waals surface area contributed by atoms with Gasteiger partial charge in [0.15, 0.2) is 5.16 Å². The molecule has 8 heteroatoms. The van der Waals surface area contributed by atoms with Crippen molar-refractivity contribution in [3.05, 3.63) is 93.9 Å². The molecule has 0 amide bonds. The van der Waals surface area contributed by atoms with Gasteiger partial charge in [-0.3, -0.25) is 9.36 Å². The van der Waals surface area contributed by atoms with E-state index in [4.69, 9.17) is 9.15 Å². The fourth-order valence-corrected chi connectivity index (χ4v) is 4.00. The number of benzene rings is 2. The molecule has 30 heavy (non-hydrogen) atoms. The largest absolute Gasteiger partial charge is 0.467 e. The summed E-state index contributed by atoms with van der Waals surface area (Å²) in [7, 11) is 1.29. The van der Waals surface area contributed by atoms with Gasteiger partial charge in [-0.15, -0.1) is 0 Å². The summed E-state index contributed by atoms with van der Waals surface area (Å²) >= 11 is 1.24. The maximum atomic E-state index is 14.0. The van der Waals surface area contributed by atoms with E-state index in [-0.39, 0.29) is 17.9 Å². The molecular formula is C22H17FN2O4S. The molecule has 0 atom stereocenters. The standard InChI is InChI=1S/C22H17FN2O4S/c1-28-21(27)14-8-9-17-19(11-14)24-22(30-13-15-5-2-3-7-18(15)23)25(20(17)26)12-16-6-4-10-29-16/h2-11H,12-13H2,1H3. The lowest BCUT2D eigenvalue weighted by atomic mass is 10.1. The minimum atomic E-state index is -0.515. The van der Waals surface area contributed by atoms with E-state index < -0.39 is 5.97 Å². The highest BCUT2D eigenvalue weighted by Crippen LogP contribution is 2.24. The van der Waals surface area contributed by atoms with E-state index in [1.807, 2.05) is 0 Å². The summed E-state index contributed by atoms with van der Waals surface area (Å²) in [5.74, 6) is 0.0503. The van der Waals surface area contributed by atoms with Crippen molar-refractivity contribution in [2.24, 2.45) is 0 Å². The van der Waals surface area contributed by atoms with Gasteiger partial charge in [0.25, 0.3) is 5.56 Å². The van der Waals surface area contributed by atoms with Crippen LogP contribution in [0.5, 0.6) is 0 Å². The van der Waals surface area contributed by atoms with Crippen LogP contribution in [-0.4, -0.2) is 22.6 Å².